The van der Waals surface area contributed by atoms with Crippen LogP contribution in [0.4, 0.5) is 0 Å². The minimum atomic E-state index is -0.703. The summed E-state index contributed by atoms with van der Waals surface area (Å²) in [6.45, 7) is 7.73. The molecule has 1 amide bonds. The molecule has 0 aromatic rings. The molecule has 0 aliphatic heterocycles. The first-order valence-corrected chi connectivity index (χ1v) is 5.52. The molecule has 4 heteroatoms. The summed E-state index contributed by atoms with van der Waals surface area (Å²) in [5, 5.41) is 2.84. The van der Waals surface area contributed by atoms with Gasteiger partial charge in [-0.05, 0) is 26.7 Å². The van der Waals surface area contributed by atoms with Gasteiger partial charge >= 0.3 is 0 Å². The molecule has 1 unspecified atom stereocenters. The van der Waals surface area contributed by atoms with E-state index < -0.39 is 5.60 Å². The SMILES string of the molecule is CCOCCCNC(=O)C(C)(CC)OC. The van der Waals surface area contributed by atoms with Crippen LogP contribution in [0.25, 0.3) is 0 Å². The van der Waals surface area contributed by atoms with Gasteiger partial charge in [-0.15, -0.1) is 0 Å². The van der Waals surface area contributed by atoms with Crippen LogP contribution >= 0.6 is 0 Å². The second-order valence-corrected chi connectivity index (χ2v) is 3.59. The van der Waals surface area contributed by atoms with Crippen molar-refractivity contribution in [2.24, 2.45) is 0 Å². The molecule has 0 heterocycles. The van der Waals surface area contributed by atoms with Gasteiger partial charge in [0.15, 0.2) is 0 Å². The number of methoxy groups -OCH3 is 1. The van der Waals surface area contributed by atoms with Crippen molar-refractivity contribution >= 4 is 5.91 Å². The van der Waals surface area contributed by atoms with Crippen molar-refractivity contribution in [1.82, 2.24) is 5.32 Å². The normalized spacial score (nSPS) is 14.7. The number of ether oxygens (including phenoxy) is 2. The summed E-state index contributed by atoms with van der Waals surface area (Å²) in [5.74, 6) is -0.0519. The third-order valence-electron chi connectivity index (χ3n) is 2.56. The Balaban J connectivity index is 3.73. The lowest BCUT2D eigenvalue weighted by Crippen LogP contribution is -2.45. The van der Waals surface area contributed by atoms with Gasteiger partial charge in [0.2, 0.25) is 0 Å². The third-order valence-corrected chi connectivity index (χ3v) is 2.56. The van der Waals surface area contributed by atoms with E-state index in [9.17, 15) is 4.79 Å². The molecule has 1 N–H and O–H groups in total. The Hall–Kier alpha value is -0.610. The minimum absolute atomic E-state index is 0.0519. The molecule has 0 radical (unpaired) electrons. The lowest BCUT2D eigenvalue weighted by molar-refractivity contribution is -0.141. The van der Waals surface area contributed by atoms with E-state index in [0.717, 1.165) is 13.0 Å². The average molecular weight is 217 g/mol. The van der Waals surface area contributed by atoms with Crippen LogP contribution in [0.2, 0.25) is 0 Å². The Morgan fingerprint density at radius 2 is 2.07 bits per heavy atom. The van der Waals surface area contributed by atoms with Gasteiger partial charge in [-0.3, -0.25) is 4.79 Å². The van der Waals surface area contributed by atoms with E-state index in [1.54, 1.807) is 14.0 Å². The van der Waals surface area contributed by atoms with Crippen LogP contribution in [0.1, 0.15) is 33.6 Å². The summed E-state index contributed by atoms with van der Waals surface area (Å²) in [6, 6.07) is 0. The van der Waals surface area contributed by atoms with Gasteiger partial charge in [0.05, 0.1) is 0 Å². The van der Waals surface area contributed by atoms with Crippen LogP contribution in [0.5, 0.6) is 0 Å². The third kappa shape index (κ3) is 5.14. The number of hydrogen-bond donors (Lipinski definition) is 1. The van der Waals surface area contributed by atoms with E-state index in [4.69, 9.17) is 9.47 Å². The molecule has 0 saturated heterocycles. The number of amides is 1. The lowest BCUT2D eigenvalue weighted by atomic mass is 10.0. The molecular weight excluding hydrogens is 194 g/mol. The number of hydrogen-bond acceptors (Lipinski definition) is 3. The first-order chi connectivity index (χ1) is 7.10. The van der Waals surface area contributed by atoms with Gasteiger partial charge in [-0.2, -0.15) is 0 Å². The van der Waals surface area contributed by atoms with Gasteiger partial charge in [0.25, 0.3) is 5.91 Å². The summed E-state index contributed by atoms with van der Waals surface area (Å²) in [7, 11) is 1.56. The van der Waals surface area contributed by atoms with Gasteiger partial charge in [0.1, 0.15) is 5.60 Å². The van der Waals surface area contributed by atoms with E-state index >= 15 is 0 Å². The molecular formula is C11H23NO3. The van der Waals surface area contributed by atoms with Crippen molar-refractivity contribution < 1.29 is 14.3 Å². The van der Waals surface area contributed by atoms with Crippen molar-refractivity contribution in [3.63, 3.8) is 0 Å². The maximum absolute atomic E-state index is 11.7. The number of nitrogens with one attached hydrogen (secondary N) is 1. The van der Waals surface area contributed by atoms with Crippen LogP contribution in [-0.4, -0.2) is 38.4 Å². The highest BCUT2D eigenvalue weighted by molar-refractivity contribution is 5.84. The first kappa shape index (κ1) is 14.4. The highest BCUT2D eigenvalue weighted by atomic mass is 16.5. The van der Waals surface area contributed by atoms with E-state index in [1.165, 1.54) is 0 Å². The van der Waals surface area contributed by atoms with E-state index in [2.05, 4.69) is 5.32 Å². The number of rotatable bonds is 8. The zero-order valence-corrected chi connectivity index (χ0v) is 10.3. The molecule has 0 spiro atoms. The van der Waals surface area contributed by atoms with E-state index in [1.807, 2.05) is 13.8 Å². The smallest absolute Gasteiger partial charge is 0.251 e. The molecule has 1 atom stereocenters. The second kappa shape index (κ2) is 7.65. The van der Waals surface area contributed by atoms with Crippen molar-refractivity contribution in [3.8, 4) is 0 Å². The highest BCUT2D eigenvalue weighted by Crippen LogP contribution is 2.13. The van der Waals surface area contributed by atoms with Gasteiger partial charge in [-0.25, -0.2) is 0 Å². The molecule has 0 rings (SSSR count). The fourth-order valence-corrected chi connectivity index (χ4v) is 1.11. The average Bonchev–Trinajstić information content (AvgIpc) is 2.27. The van der Waals surface area contributed by atoms with Crippen molar-refractivity contribution in [2.45, 2.75) is 39.2 Å². The summed E-state index contributed by atoms with van der Waals surface area (Å²) in [4.78, 5) is 11.7. The molecule has 4 nitrogen and oxygen atoms in total. The van der Waals surface area contributed by atoms with Crippen molar-refractivity contribution in [1.29, 1.82) is 0 Å². The summed E-state index contributed by atoms with van der Waals surface area (Å²) in [5.41, 5.74) is -0.703. The monoisotopic (exact) mass is 217 g/mol. The molecule has 0 aliphatic carbocycles. The van der Waals surface area contributed by atoms with Crippen LogP contribution in [-0.2, 0) is 14.3 Å². The van der Waals surface area contributed by atoms with Crippen molar-refractivity contribution in [3.05, 3.63) is 0 Å². The van der Waals surface area contributed by atoms with Crippen LogP contribution < -0.4 is 5.32 Å². The molecule has 15 heavy (non-hydrogen) atoms. The number of carbonyl (C=O) groups is 1. The maximum Gasteiger partial charge on any atom is 0.251 e. The lowest BCUT2D eigenvalue weighted by Gasteiger charge is -2.25. The number of carbonyl (C=O) groups excluding carboxylic acids is 1. The Labute approximate surface area is 92.3 Å². The molecule has 0 fully saturated rings. The summed E-state index contributed by atoms with van der Waals surface area (Å²) < 4.78 is 10.4. The molecule has 0 saturated carbocycles. The standard InChI is InChI=1S/C11H23NO3/c1-5-11(3,14-4)10(13)12-8-7-9-15-6-2/h5-9H2,1-4H3,(H,12,13). The fraction of sp³-hybridized carbons (Fsp3) is 0.909. The summed E-state index contributed by atoms with van der Waals surface area (Å²) >= 11 is 0. The van der Waals surface area contributed by atoms with Crippen LogP contribution in [0.15, 0.2) is 0 Å². The first-order valence-electron chi connectivity index (χ1n) is 5.52. The predicted octanol–water partition coefficient (Wildman–Crippen LogP) is 1.34. The Morgan fingerprint density at radius 1 is 1.40 bits per heavy atom. The van der Waals surface area contributed by atoms with Crippen LogP contribution in [0.3, 0.4) is 0 Å². The zero-order chi connectivity index (χ0) is 11.7. The largest absolute Gasteiger partial charge is 0.382 e. The minimum Gasteiger partial charge on any atom is -0.382 e. The van der Waals surface area contributed by atoms with Gasteiger partial charge < -0.3 is 14.8 Å². The van der Waals surface area contributed by atoms with Crippen molar-refractivity contribution in [2.75, 3.05) is 26.9 Å². The molecule has 0 aromatic heterocycles. The zero-order valence-electron chi connectivity index (χ0n) is 10.3. The molecule has 90 valence electrons. The maximum atomic E-state index is 11.7. The van der Waals surface area contributed by atoms with E-state index in [0.29, 0.717) is 19.6 Å². The quantitative estimate of drug-likeness (QED) is 0.624. The Morgan fingerprint density at radius 3 is 2.53 bits per heavy atom. The Bertz CT molecular complexity index is 179. The van der Waals surface area contributed by atoms with E-state index in [-0.39, 0.29) is 5.91 Å². The van der Waals surface area contributed by atoms with Crippen LogP contribution in [0, 0.1) is 0 Å². The van der Waals surface area contributed by atoms with Gasteiger partial charge in [-0.1, -0.05) is 6.92 Å². The Kier molecular flexibility index (Phi) is 7.34. The fourth-order valence-electron chi connectivity index (χ4n) is 1.11. The highest BCUT2D eigenvalue weighted by Gasteiger charge is 2.30. The van der Waals surface area contributed by atoms with Gasteiger partial charge in [0, 0.05) is 26.9 Å². The molecule has 0 bridgehead atoms. The topological polar surface area (TPSA) is 47.6 Å². The summed E-state index contributed by atoms with van der Waals surface area (Å²) in [6.07, 6.45) is 1.50. The molecule has 0 aromatic carbocycles. The molecule has 0 aliphatic rings. The predicted molar refractivity (Wildman–Crippen MR) is 59.8 cm³/mol. The second-order valence-electron chi connectivity index (χ2n) is 3.59.